The molecule has 1 heterocycles. The second kappa shape index (κ2) is 8.62. The highest BCUT2D eigenvalue weighted by Crippen LogP contribution is 2.27. The van der Waals surface area contributed by atoms with Gasteiger partial charge in [0.05, 0.1) is 16.3 Å². The van der Waals surface area contributed by atoms with E-state index in [1.165, 1.54) is 36.5 Å². The maximum atomic E-state index is 12.5. The predicted octanol–water partition coefficient (Wildman–Crippen LogP) is 3.78. The first-order valence-corrected chi connectivity index (χ1v) is 11.3. The average molecular weight is 433 g/mol. The van der Waals surface area contributed by atoms with Crippen molar-refractivity contribution in [3.8, 4) is 11.5 Å². The van der Waals surface area contributed by atoms with Crippen molar-refractivity contribution in [1.82, 2.24) is 4.98 Å². The number of phenols is 1. The lowest BCUT2D eigenvalue weighted by Crippen LogP contribution is -2.13. The number of thiazole rings is 1. The van der Waals surface area contributed by atoms with E-state index in [1.807, 2.05) is 31.2 Å². The van der Waals surface area contributed by atoms with Crippen LogP contribution in [0.2, 0.25) is 0 Å². The zero-order valence-corrected chi connectivity index (χ0v) is 17.5. The molecule has 7 nitrogen and oxygen atoms in total. The van der Waals surface area contributed by atoms with E-state index < -0.39 is 15.7 Å². The molecule has 2 N–H and O–H groups in total. The van der Waals surface area contributed by atoms with Gasteiger partial charge in [-0.25, -0.2) is 13.4 Å². The Balaban J connectivity index is 1.69. The van der Waals surface area contributed by atoms with Crippen molar-refractivity contribution >= 4 is 32.8 Å². The van der Waals surface area contributed by atoms with Crippen molar-refractivity contribution in [2.24, 2.45) is 0 Å². The number of aryl methyl sites for hydroxylation is 1. The Labute approximate surface area is 172 Å². The largest absolute Gasteiger partial charge is 0.506 e. The van der Waals surface area contributed by atoms with E-state index in [9.17, 15) is 18.3 Å². The standard InChI is InChI=1S/C20H20N2O5S2/c1-3-29(25,26)15-8-9-18(23)16(10-15)22-20(24)17-12-28-19(21-17)11-27-14-6-4-13(2)5-7-14/h4-10,12,23H,3,11H2,1-2H3,(H,22,24). The molecule has 0 bridgehead atoms. The van der Waals surface area contributed by atoms with Crippen molar-refractivity contribution in [2.75, 3.05) is 11.1 Å². The van der Waals surface area contributed by atoms with Crippen LogP contribution in [0.4, 0.5) is 5.69 Å². The summed E-state index contributed by atoms with van der Waals surface area (Å²) in [6.07, 6.45) is 0. The van der Waals surface area contributed by atoms with Crippen LogP contribution >= 0.6 is 11.3 Å². The number of phenolic OH excluding ortho intramolecular Hbond substituents is 1. The number of carbonyl (C=O) groups excluding carboxylic acids is 1. The van der Waals surface area contributed by atoms with Crippen LogP contribution in [0, 0.1) is 6.92 Å². The van der Waals surface area contributed by atoms with E-state index >= 15 is 0 Å². The third-order valence-electron chi connectivity index (χ3n) is 4.12. The maximum Gasteiger partial charge on any atom is 0.275 e. The van der Waals surface area contributed by atoms with Crippen molar-refractivity contribution < 1.29 is 23.1 Å². The van der Waals surface area contributed by atoms with Crippen LogP contribution in [0.1, 0.15) is 28.0 Å². The number of ether oxygens (including phenoxy) is 1. The minimum atomic E-state index is -3.46. The summed E-state index contributed by atoms with van der Waals surface area (Å²) in [5.74, 6) is -0.159. The van der Waals surface area contributed by atoms with Crippen LogP contribution in [0.15, 0.2) is 52.7 Å². The molecule has 0 aliphatic carbocycles. The number of aromatic hydroxyl groups is 1. The fraction of sp³-hybridized carbons (Fsp3) is 0.200. The second-order valence-corrected chi connectivity index (χ2v) is 9.49. The molecule has 0 unspecified atom stereocenters. The third kappa shape index (κ3) is 5.12. The van der Waals surface area contributed by atoms with Crippen LogP contribution in [-0.2, 0) is 16.4 Å². The molecule has 0 fully saturated rings. The highest BCUT2D eigenvalue weighted by atomic mass is 32.2. The van der Waals surface area contributed by atoms with E-state index in [2.05, 4.69) is 10.3 Å². The molecule has 0 aliphatic rings. The van der Waals surface area contributed by atoms with Gasteiger partial charge in [0.1, 0.15) is 28.8 Å². The molecule has 0 radical (unpaired) electrons. The number of anilines is 1. The number of nitrogens with zero attached hydrogens (tertiary/aromatic N) is 1. The number of amides is 1. The topological polar surface area (TPSA) is 106 Å². The molecule has 1 aromatic heterocycles. The quantitative estimate of drug-likeness (QED) is 0.551. The van der Waals surface area contributed by atoms with Gasteiger partial charge in [-0.05, 0) is 37.3 Å². The van der Waals surface area contributed by atoms with Crippen molar-refractivity contribution in [2.45, 2.75) is 25.3 Å². The average Bonchev–Trinajstić information content (AvgIpc) is 3.18. The molecule has 0 spiro atoms. The summed E-state index contributed by atoms with van der Waals surface area (Å²) >= 11 is 1.27. The van der Waals surface area contributed by atoms with Gasteiger partial charge in [-0.1, -0.05) is 24.6 Å². The van der Waals surface area contributed by atoms with Crippen molar-refractivity contribution in [1.29, 1.82) is 0 Å². The number of benzene rings is 2. The number of sulfone groups is 1. The first kappa shape index (κ1) is 20.8. The van der Waals surface area contributed by atoms with E-state index in [4.69, 9.17) is 4.74 Å². The lowest BCUT2D eigenvalue weighted by Gasteiger charge is -2.08. The van der Waals surface area contributed by atoms with Gasteiger partial charge in [0, 0.05) is 5.38 Å². The summed E-state index contributed by atoms with van der Waals surface area (Å²) in [5, 5.41) is 14.7. The first-order chi connectivity index (χ1) is 13.8. The van der Waals surface area contributed by atoms with E-state index in [0.717, 1.165) is 5.56 Å². The minimum absolute atomic E-state index is 0.00924. The van der Waals surface area contributed by atoms with Crippen LogP contribution in [0.25, 0.3) is 0 Å². The summed E-state index contributed by atoms with van der Waals surface area (Å²) < 4.78 is 29.7. The van der Waals surface area contributed by atoms with Gasteiger partial charge in [-0.2, -0.15) is 0 Å². The fourth-order valence-corrected chi connectivity index (χ4v) is 4.01. The van der Waals surface area contributed by atoms with Crippen molar-refractivity contribution in [3.05, 3.63) is 64.1 Å². The molecular weight excluding hydrogens is 412 g/mol. The molecular formula is C20H20N2O5S2. The van der Waals surface area contributed by atoms with E-state index in [0.29, 0.717) is 10.8 Å². The first-order valence-electron chi connectivity index (χ1n) is 8.79. The predicted molar refractivity (Wildman–Crippen MR) is 111 cm³/mol. The number of hydrogen-bond donors (Lipinski definition) is 2. The van der Waals surface area contributed by atoms with E-state index in [1.54, 1.807) is 5.38 Å². The molecule has 3 rings (SSSR count). The smallest absolute Gasteiger partial charge is 0.275 e. The van der Waals surface area contributed by atoms with Crippen LogP contribution in [-0.4, -0.2) is 30.2 Å². The summed E-state index contributed by atoms with van der Waals surface area (Å²) in [6, 6.07) is 11.4. The molecule has 152 valence electrons. The number of rotatable bonds is 7. The van der Waals surface area contributed by atoms with Gasteiger partial charge in [0.2, 0.25) is 0 Å². The monoisotopic (exact) mass is 432 g/mol. The highest BCUT2D eigenvalue weighted by molar-refractivity contribution is 7.91. The Morgan fingerprint density at radius 1 is 1.21 bits per heavy atom. The molecule has 3 aromatic rings. The third-order valence-corrected chi connectivity index (χ3v) is 6.68. The summed E-state index contributed by atoms with van der Waals surface area (Å²) in [6.45, 7) is 3.73. The zero-order chi connectivity index (χ0) is 21.0. The number of carbonyl (C=O) groups is 1. The van der Waals surface area contributed by atoms with Gasteiger partial charge < -0.3 is 15.2 Å². The summed E-state index contributed by atoms with van der Waals surface area (Å²) in [5.41, 5.74) is 1.29. The van der Waals surface area contributed by atoms with Crippen LogP contribution in [0.5, 0.6) is 11.5 Å². The van der Waals surface area contributed by atoms with Crippen LogP contribution < -0.4 is 10.1 Å². The Bertz CT molecular complexity index is 1120. The molecule has 0 aliphatic heterocycles. The normalized spacial score (nSPS) is 11.2. The number of nitrogens with one attached hydrogen (secondary N) is 1. The lowest BCUT2D eigenvalue weighted by molar-refractivity contribution is 0.102. The highest BCUT2D eigenvalue weighted by Gasteiger charge is 2.17. The Kier molecular flexibility index (Phi) is 6.19. The summed E-state index contributed by atoms with van der Waals surface area (Å²) in [7, 11) is -3.46. The zero-order valence-electron chi connectivity index (χ0n) is 15.9. The molecule has 0 atom stereocenters. The van der Waals surface area contributed by atoms with Gasteiger partial charge >= 0.3 is 0 Å². The van der Waals surface area contributed by atoms with Gasteiger partial charge in [-0.15, -0.1) is 11.3 Å². The second-order valence-electron chi connectivity index (χ2n) is 6.26. The minimum Gasteiger partial charge on any atom is -0.506 e. The molecule has 1 amide bonds. The van der Waals surface area contributed by atoms with Gasteiger partial charge in [-0.3, -0.25) is 4.79 Å². The fourth-order valence-electron chi connectivity index (χ4n) is 2.42. The molecule has 2 aromatic carbocycles. The Hall–Kier alpha value is -2.91. The van der Waals surface area contributed by atoms with Gasteiger partial charge in [0.15, 0.2) is 9.84 Å². The lowest BCUT2D eigenvalue weighted by atomic mass is 10.2. The summed E-state index contributed by atoms with van der Waals surface area (Å²) in [4.78, 5) is 16.7. The van der Waals surface area contributed by atoms with Gasteiger partial charge in [0.25, 0.3) is 5.91 Å². The van der Waals surface area contributed by atoms with Crippen molar-refractivity contribution in [3.63, 3.8) is 0 Å². The van der Waals surface area contributed by atoms with Crippen LogP contribution in [0.3, 0.4) is 0 Å². The maximum absolute atomic E-state index is 12.5. The molecule has 9 heteroatoms. The molecule has 29 heavy (non-hydrogen) atoms. The number of hydrogen-bond acceptors (Lipinski definition) is 7. The number of aromatic nitrogens is 1. The van der Waals surface area contributed by atoms with E-state index in [-0.39, 0.29) is 34.4 Å². The molecule has 0 saturated carbocycles. The Morgan fingerprint density at radius 3 is 2.62 bits per heavy atom. The molecule has 0 saturated heterocycles. The SMILES string of the molecule is CCS(=O)(=O)c1ccc(O)c(NC(=O)c2csc(COc3ccc(C)cc3)n2)c1. The Morgan fingerprint density at radius 2 is 1.93 bits per heavy atom.